The van der Waals surface area contributed by atoms with Crippen molar-refractivity contribution in [2.75, 3.05) is 6.54 Å². The van der Waals surface area contributed by atoms with Crippen LogP contribution in [0.5, 0.6) is 0 Å². The molecular formula is C40H45NO4. The summed E-state index contributed by atoms with van der Waals surface area (Å²) in [6, 6.07) is 6.16. The zero-order valence-corrected chi connectivity index (χ0v) is 26.4. The lowest BCUT2D eigenvalue weighted by atomic mass is 9.31. The van der Waals surface area contributed by atoms with Gasteiger partial charge in [0.25, 0.3) is 0 Å². The first-order valence-corrected chi connectivity index (χ1v) is 17.5. The number of rotatable bonds is 7. The van der Waals surface area contributed by atoms with E-state index in [0.29, 0.717) is 42.2 Å². The van der Waals surface area contributed by atoms with Crippen molar-refractivity contribution in [2.24, 2.45) is 52.1 Å². The van der Waals surface area contributed by atoms with Crippen molar-refractivity contribution >= 4 is 11.9 Å². The number of ether oxygens (including phenoxy) is 2. The zero-order chi connectivity index (χ0) is 30.8. The Morgan fingerprint density at radius 2 is 2.00 bits per heavy atom. The minimum atomic E-state index is -0.957. The standard InChI is InChI=1S/C40H45NO4/c1-2-9-33-38-22-21-27-11-5-10-26(24-30-15-6-13-28-12-3-4-17-31(28)30)19-20-34(44-37(38)43)39(38,25-27)40(33)32-18-7-14-29(16-8-23-41)35(32)36(42)45-40/h3-4,7,12,14,17-18,20-22,26-28,30-31,33H,2,6,8-10,13,15-16,19,23-25,41H2,1H3. The second-order valence-electron chi connectivity index (χ2n) is 14.7. The molecule has 5 aliphatic carbocycles. The molecule has 0 aromatic heterocycles. The molecular weight excluding hydrogens is 558 g/mol. The summed E-state index contributed by atoms with van der Waals surface area (Å²) in [5.41, 5.74) is 5.87. The van der Waals surface area contributed by atoms with Crippen molar-refractivity contribution in [3.05, 3.63) is 83.2 Å². The summed E-state index contributed by atoms with van der Waals surface area (Å²) in [5.74, 6) is 9.52. The van der Waals surface area contributed by atoms with Crippen LogP contribution in [0.3, 0.4) is 0 Å². The number of benzene rings is 1. The second kappa shape index (κ2) is 10.9. The molecule has 2 bridgehead atoms. The highest BCUT2D eigenvalue weighted by atomic mass is 16.6. The Kier molecular flexibility index (Phi) is 7.02. The van der Waals surface area contributed by atoms with E-state index in [0.717, 1.165) is 61.8 Å². The monoisotopic (exact) mass is 603 g/mol. The zero-order valence-electron chi connectivity index (χ0n) is 26.4. The van der Waals surface area contributed by atoms with E-state index in [1.54, 1.807) is 0 Å². The molecule has 0 amide bonds. The highest BCUT2D eigenvalue weighted by Crippen LogP contribution is 2.84. The average molecular weight is 604 g/mol. The van der Waals surface area contributed by atoms with Crippen LogP contribution in [0.25, 0.3) is 0 Å². The van der Waals surface area contributed by atoms with E-state index >= 15 is 0 Å². The molecule has 2 N–H and O–H groups in total. The number of esters is 2. The fourth-order valence-corrected chi connectivity index (χ4v) is 10.9. The van der Waals surface area contributed by atoms with Crippen LogP contribution in [-0.4, -0.2) is 18.5 Å². The second-order valence-corrected chi connectivity index (χ2v) is 14.7. The summed E-state index contributed by atoms with van der Waals surface area (Å²) < 4.78 is 13.2. The molecule has 2 aliphatic heterocycles. The number of hydrogen-bond acceptors (Lipinski definition) is 5. The first-order valence-electron chi connectivity index (χ1n) is 17.5. The van der Waals surface area contributed by atoms with Crippen molar-refractivity contribution in [1.29, 1.82) is 0 Å². The quantitative estimate of drug-likeness (QED) is 0.201. The van der Waals surface area contributed by atoms with Crippen LogP contribution in [0, 0.1) is 58.2 Å². The molecule has 5 nitrogen and oxygen atoms in total. The Hall–Kier alpha value is -3.36. The number of allylic oxidation sites excluding steroid dienone is 6. The molecule has 1 saturated heterocycles. The van der Waals surface area contributed by atoms with Gasteiger partial charge in [-0.2, -0.15) is 0 Å². The van der Waals surface area contributed by atoms with Crippen molar-refractivity contribution in [2.45, 2.75) is 83.2 Å². The topological polar surface area (TPSA) is 78.6 Å². The van der Waals surface area contributed by atoms with Crippen LogP contribution in [0.15, 0.2) is 66.5 Å². The van der Waals surface area contributed by atoms with Gasteiger partial charge in [-0.25, -0.2) is 4.79 Å². The van der Waals surface area contributed by atoms with Crippen LogP contribution in [0.2, 0.25) is 0 Å². The van der Waals surface area contributed by atoms with Crippen LogP contribution in [0.1, 0.15) is 92.6 Å². The lowest BCUT2D eigenvalue weighted by Crippen LogP contribution is -2.75. The predicted molar refractivity (Wildman–Crippen MR) is 173 cm³/mol. The van der Waals surface area contributed by atoms with Gasteiger partial charge in [0, 0.05) is 23.8 Å². The van der Waals surface area contributed by atoms with Crippen LogP contribution < -0.4 is 5.73 Å². The van der Waals surface area contributed by atoms with Gasteiger partial charge in [-0.1, -0.05) is 80.3 Å². The third kappa shape index (κ3) is 3.84. The third-order valence-electron chi connectivity index (χ3n) is 12.6. The lowest BCUT2D eigenvalue weighted by Gasteiger charge is -2.69. The summed E-state index contributed by atoms with van der Waals surface area (Å²) in [6.45, 7) is 2.71. The van der Waals surface area contributed by atoms with Gasteiger partial charge in [0.05, 0.1) is 11.0 Å². The fourth-order valence-electron chi connectivity index (χ4n) is 10.9. The summed E-state index contributed by atoms with van der Waals surface area (Å²) >= 11 is 0. The number of fused-ring (bicyclic) bond motifs is 4. The molecule has 7 aliphatic rings. The van der Waals surface area contributed by atoms with Gasteiger partial charge >= 0.3 is 11.9 Å². The third-order valence-corrected chi connectivity index (χ3v) is 12.6. The molecule has 45 heavy (non-hydrogen) atoms. The van der Waals surface area contributed by atoms with Crippen LogP contribution in [-0.2, 0) is 26.3 Å². The van der Waals surface area contributed by atoms with Gasteiger partial charge in [-0.3, -0.25) is 4.79 Å². The van der Waals surface area contributed by atoms with Crippen molar-refractivity contribution in [1.82, 2.24) is 0 Å². The molecule has 1 aromatic carbocycles. The first kappa shape index (κ1) is 29.1. The molecule has 2 saturated carbocycles. The normalized spacial score (nSPS) is 39.9. The largest absolute Gasteiger partial charge is 0.449 e. The summed E-state index contributed by atoms with van der Waals surface area (Å²) in [4.78, 5) is 28.2. The molecule has 3 fully saturated rings. The van der Waals surface area contributed by atoms with E-state index in [-0.39, 0.29) is 23.8 Å². The number of carbonyl (C=O) groups excluding carboxylic acids is 2. The Morgan fingerprint density at radius 1 is 1.11 bits per heavy atom. The lowest BCUT2D eigenvalue weighted by molar-refractivity contribution is -0.272. The summed E-state index contributed by atoms with van der Waals surface area (Å²) in [7, 11) is 0. The number of aryl methyl sites for hydroxylation is 1. The summed E-state index contributed by atoms with van der Waals surface area (Å²) in [6.07, 6.45) is 26.1. The molecule has 1 aromatic rings. The molecule has 2 spiro atoms. The number of nitrogens with two attached hydrogens (primary N) is 1. The number of hydrogen-bond donors (Lipinski definition) is 1. The minimum Gasteiger partial charge on any atom is -0.449 e. The Labute approximate surface area is 267 Å². The van der Waals surface area contributed by atoms with Crippen molar-refractivity contribution in [3.8, 4) is 11.8 Å². The smallest absolute Gasteiger partial charge is 0.339 e. The van der Waals surface area contributed by atoms with Gasteiger partial charge in [0.1, 0.15) is 11.2 Å². The molecule has 9 unspecified atom stereocenters. The van der Waals surface area contributed by atoms with Crippen LogP contribution >= 0.6 is 0 Å². The van der Waals surface area contributed by atoms with Gasteiger partial charge < -0.3 is 15.2 Å². The van der Waals surface area contributed by atoms with E-state index in [1.807, 2.05) is 6.07 Å². The molecule has 234 valence electrons. The molecule has 8 rings (SSSR count). The maximum Gasteiger partial charge on any atom is 0.339 e. The number of carbonyl (C=O) groups is 2. The molecule has 0 radical (unpaired) electrons. The van der Waals surface area contributed by atoms with Gasteiger partial charge in [0.15, 0.2) is 5.60 Å². The maximum absolute atomic E-state index is 14.2. The summed E-state index contributed by atoms with van der Waals surface area (Å²) in [5, 5.41) is 0. The van der Waals surface area contributed by atoms with E-state index in [2.05, 4.69) is 73.4 Å². The Bertz CT molecular complexity index is 1600. The highest BCUT2D eigenvalue weighted by Gasteiger charge is 2.91. The van der Waals surface area contributed by atoms with Gasteiger partial charge in [-0.15, -0.1) is 5.92 Å². The first-order chi connectivity index (χ1) is 22.0. The van der Waals surface area contributed by atoms with Crippen molar-refractivity contribution in [3.63, 3.8) is 0 Å². The Morgan fingerprint density at radius 3 is 2.87 bits per heavy atom. The highest BCUT2D eigenvalue weighted by molar-refractivity contribution is 5.99. The fraction of sp³-hybridized carbons (Fsp3) is 0.550. The van der Waals surface area contributed by atoms with E-state index in [1.165, 1.54) is 19.3 Å². The molecule has 2 heterocycles. The minimum absolute atomic E-state index is 0.0390. The predicted octanol–water partition coefficient (Wildman–Crippen LogP) is 7.33. The van der Waals surface area contributed by atoms with Gasteiger partial charge in [-0.05, 0) is 93.2 Å². The van der Waals surface area contributed by atoms with Gasteiger partial charge in [0.2, 0.25) is 0 Å². The molecule has 5 heteroatoms. The van der Waals surface area contributed by atoms with E-state index in [4.69, 9.17) is 15.2 Å². The molecule has 9 atom stereocenters. The van der Waals surface area contributed by atoms with E-state index < -0.39 is 16.4 Å². The van der Waals surface area contributed by atoms with E-state index in [9.17, 15) is 9.59 Å². The maximum atomic E-state index is 14.2. The van der Waals surface area contributed by atoms with Crippen LogP contribution in [0.4, 0.5) is 0 Å². The Balaban J connectivity index is 1.23. The van der Waals surface area contributed by atoms with Crippen molar-refractivity contribution < 1.29 is 19.1 Å². The SMILES string of the molecule is CCCC1C23C=CC4C#CCC(CC5CCCC6C=CC=CC65)CC=C(OC2=O)C3(C4)C12OC(=O)c1c(CCCN)cccc12. The average Bonchev–Trinajstić information content (AvgIpc) is 3.50.